The topological polar surface area (TPSA) is 104 Å². The van der Waals surface area contributed by atoms with Crippen molar-refractivity contribution < 1.29 is 0 Å². The summed E-state index contributed by atoms with van der Waals surface area (Å²) in [5.41, 5.74) is 11.8. The van der Waals surface area contributed by atoms with Gasteiger partial charge in [0.05, 0.1) is 11.0 Å². The molecule has 2 aromatic heterocycles. The monoisotopic (exact) mass is 397 g/mol. The molecule has 3 heterocycles. The van der Waals surface area contributed by atoms with Crippen LogP contribution in [0.4, 0.5) is 5.69 Å². The van der Waals surface area contributed by atoms with Crippen LogP contribution in [-0.4, -0.2) is 26.6 Å². The lowest BCUT2D eigenvalue weighted by Crippen LogP contribution is -2.51. The Morgan fingerprint density at radius 1 is 0.967 bits per heavy atom. The van der Waals surface area contributed by atoms with Crippen LogP contribution in [0.5, 0.6) is 0 Å². The van der Waals surface area contributed by atoms with Gasteiger partial charge in [-0.15, -0.1) is 0 Å². The van der Waals surface area contributed by atoms with Crippen molar-refractivity contribution in [3.63, 3.8) is 0 Å². The molecule has 0 radical (unpaired) electrons. The van der Waals surface area contributed by atoms with Crippen LogP contribution in [0, 0.1) is 0 Å². The lowest BCUT2D eigenvalue weighted by Gasteiger charge is -2.34. The molecule has 7 nitrogen and oxygen atoms in total. The summed E-state index contributed by atoms with van der Waals surface area (Å²) in [6, 6.07) is 20.1. The number of amidine groups is 1. The number of fused-ring (bicyclic) bond motifs is 2. The van der Waals surface area contributed by atoms with E-state index in [1.165, 1.54) is 0 Å². The molecule has 0 bridgehead atoms. The number of nitrogens with zero attached hydrogens (tertiary/aromatic N) is 3. The maximum atomic E-state index is 6.69. The van der Waals surface area contributed by atoms with Gasteiger partial charge in [0.15, 0.2) is 5.79 Å². The largest absolute Gasteiger partial charge is 0.366 e. The molecule has 1 aliphatic heterocycles. The highest BCUT2D eigenvalue weighted by molar-refractivity contribution is 6.05. The number of hydrogen-bond acceptors (Lipinski definition) is 6. The fourth-order valence-corrected chi connectivity index (χ4v) is 3.69. The molecule has 2 aromatic carbocycles. The number of hydrogen-bond donors (Lipinski definition) is 4. The smallest absolute Gasteiger partial charge is 0.185 e. The van der Waals surface area contributed by atoms with Crippen molar-refractivity contribution in [2.45, 2.75) is 25.2 Å². The third-order valence-electron chi connectivity index (χ3n) is 5.24. The van der Waals surface area contributed by atoms with E-state index in [0.29, 0.717) is 19.4 Å². The van der Waals surface area contributed by atoms with Crippen LogP contribution < -0.4 is 16.4 Å². The van der Waals surface area contributed by atoms with Crippen LogP contribution in [0.25, 0.3) is 11.0 Å². The molecule has 0 spiro atoms. The van der Waals surface area contributed by atoms with Gasteiger partial charge in [-0.05, 0) is 42.0 Å². The Morgan fingerprint density at radius 2 is 1.77 bits per heavy atom. The summed E-state index contributed by atoms with van der Waals surface area (Å²) in [7, 11) is 0. The number of aromatic nitrogens is 3. The average molecular weight is 397 g/mol. The summed E-state index contributed by atoms with van der Waals surface area (Å²) in [6.07, 6.45) is 4.86. The third-order valence-corrected chi connectivity index (χ3v) is 5.24. The molecule has 0 fully saturated rings. The van der Waals surface area contributed by atoms with Crippen molar-refractivity contribution in [3.05, 3.63) is 90.0 Å². The summed E-state index contributed by atoms with van der Waals surface area (Å²) in [5, 5.41) is 6.85. The Morgan fingerprint density at radius 3 is 2.63 bits per heavy atom. The number of imidazole rings is 1. The van der Waals surface area contributed by atoms with Gasteiger partial charge < -0.3 is 15.6 Å². The molecule has 1 unspecified atom stereocenters. The number of benzene rings is 2. The molecule has 0 saturated carbocycles. The molecule has 5 rings (SSSR count). The van der Waals surface area contributed by atoms with Gasteiger partial charge in [-0.25, -0.2) is 9.98 Å². The van der Waals surface area contributed by atoms with E-state index in [9.17, 15) is 0 Å². The van der Waals surface area contributed by atoms with Gasteiger partial charge in [0.1, 0.15) is 11.7 Å². The van der Waals surface area contributed by atoms with E-state index in [2.05, 4.69) is 25.6 Å². The minimum Gasteiger partial charge on any atom is -0.366 e. The Kier molecular flexibility index (Phi) is 4.65. The number of nitrogens with one attached hydrogen (secondary N) is 3. The van der Waals surface area contributed by atoms with E-state index in [-0.39, 0.29) is 0 Å². The molecule has 30 heavy (non-hydrogen) atoms. The molecule has 1 atom stereocenters. The SMILES string of the molecule is NC1(CCc2nc3ccccc3[nH]2)N=C(NCc2ccncc2)c2ccccc2N1. The zero-order chi connectivity index (χ0) is 20.4. The van der Waals surface area contributed by atoms with Crippen molar-refractivity contribution >= 4 is 22.6 Å². The molecule has 0 saturated heterocycles. The highest BCUT2D eigenvalue weighted by atomic mass is 15.3. The second-order valence-electron chi connectivity index (χ2n) is 7.46. The second kappa shape index (κ2) is 7.61. The van der Waals surface area contributed by atoms with Gasteiger partial charge in [-0.3, -0.25) is 10.7 Å². The first kappa shape index (κ1) is 18.3. The van der Waals surface area contributed by atoms with E-state index in [1.54, 1.807) is 12.4 Å². The van der Waals surface area contributed by atoms with E-state index in [1.807, 2.05) is 60.7 Å². The van der Waals surface area contributed by atoms with Gasteiger partial charge >= 0.3 is 0 Å². The number of aryl methyl sites for hydroxylation is 1. The maximum absolute atomic E-state index is 6.69. The molecule has 1 aliphatic rings. The van der Waals surface area contributed by atoms with Crippen LogP contribution in [0.3, 0.4) is 0 Å². The van der Waals surface area contributed by atoms with E-state index in [4.69, 9.17) is 10.7 Å². The lowest BCUT2D eigenvalue weighted by molar-refractivity contribution is 0.459. The fourth-order valence-electron chi connectivity index (χ4n) is 3.69. The van der Waals surface area contributed by atoms with Crippen molar-refractivity contribution in [2.24, 2.45) is 10.7 Å². The Balaban J connectivity index is 1.37. The minimum atomic E-state index is -0.923. The molecule has 7 heteroatoms. The van der Waals surface area contributed by atoms with Crippen LogP contribution in [0.1, 0.15) is 23.4 Å². The second-order valence-corrected chi connectivity index (χ2v) is 7.46. The van der Waals surface area contributed by atoms with Gasteiger partial charge in [0.25, 0.3) is 0 Å². The number of rotatable bonds is 5. The van der Waals surface area contributed by atoms with E-state index >= 15 is 0 Å². The van der Waals surface area contributed by atoms with Crippen LogP contribution in [-0.2, 0) is 13.0 Å². The Labute approximate surface area is 174 Å². The summed E-state index contributed by atoms with van der Waals surface area (Å²) in [6.45, 7) is 0.648. The molecule has 4 aromatic rings. The molecule has 0 aliphatic carbocycles. The van der Waals surface area contributed by atoms with Crippen molar-refractivity contribution in [1.29, 1.82) is 0 Å². The average Bonchev–Trinajstić information content (AvgIpc) is 3.20. The van der Waals surface area contributed by atoms with E-state index in [0.717, 1.165) is 39.5 Å². The van der Waals surface area contributed by atoms with Gasteiger partial charge in [0.2, 0.25) is 0 Å². The number of aliphatic imine (C=N–C) groups is 1. The van der Waals surface area contributed by atoms with Crippen molar-refractivity contribution in [3.8, 4) is 0 Å². The van der Waals surface area contributed by atoms with Gasteiger partial charge in [0, 0.05) is 43.0 Å². The van der Waals surface area contributed by atoms with Crippen LogP contribution >= 0.6 is 0 Å². The Hall–Kier alpha value is -3.71. The quantitative estimate of drug-likeness (QED) is 0.414. The summed E-state index contributed by atoms with van der Waals surface area (Å²) >= 11 is 0. The number of anilines is 1. The third kappa shape index (κ3) is 3.75. The molecular formula is C23H23N7. The zero-order valence-electron chi connectivity index (χ0n) is 16.5. The highest BCUT2D eigenvalue weighted by Crippen LogP contribution is 2.27. The maximum Gasteiger partial charge on any atom is 0.185 e. The molecule has 0 amide bonds. The molecule has 150 valence electrons. The number of aromatic amines is 1. The number of H-pyrrole nitrogens is 1. The predicted molar refractivity (Wildman–Crippen MR) is 119 cm³/mol. The van der Waals surface area contributed by atoms with Crippen molar-refractivity contribution in [1.82, 2.24) is 20.3 Å². The van der Waals surface area contributed by atoms with Crippen LogP contribution in [0.15, 0.2) is 78.0 Å². The summed E-state index contributed by atoms with van der Waals surface area (Å²) in [4.78, 5) is 16.9. The van der Waals surface area contributed by atoms with Crippen molar-refractivity contribution in [2.75, 3.05) is 5.32 Å². The minimum absolute atomic E-state index is 0.599. The number of nitrogens with two attached hydrogens (primary N) is 1. The normalized spacial score (nSPS) is 17.8. The predicted octanol–water partition coefficient (Wildman–Crippen LogP) is 3.17. The first-order valence-corrected chi connectivity index (χ1v) is 10.0. The summed E-state index contributed by atoms with van der Waals surface area (Å²) in [5.74, 6) is 0.768. The number of pyridine rings is 1. The standard InChI is InChI=1S/C23H23N7/c24-23(12-9-21-27-19-7-3-4-8-20(19)28-21)29-18-6-2-1-5-17(18)22(30-23)26-15-16-10-13-25-14-11-16/h1-8,10-11,13-14,29H,9,12,15,24H2,(H,26,30)(H,27,28). The van der Waals surface area contributed by atoms with Gasteiger partial charge in [-0.2, -0.15) is 0 Å². The zero-order valence-corrected chi connectivity index (χ0v) is 16.5. The lowest BCUT2D eigenvalue weighted by atomic mass is 10.1. The van der Waals surface area contributed by atoms with Crippen LogP contribution in [0.2, 0.25) is 0 Å². The van der Waals surface area contributed by atoms with E-state index < -0.39 is 5.79 Å². The highest BCUT2D eigenvalue weighted by Gasteiger charge is 2.31. The molecule has 5 N–H and O–H groups in total. The summed E-state index contributed by atoms with van der Waals surface area (Å²) < 4.78 is 0. The number of para-hydroxylation sites is 3. The first-order valence-electron chi connectivity index (χ1n) is 10.0. The van der Waals surface area contributed by atoms with Gasteiger partial charge in [-0.1, -0.05) is 24.3 Å². The molecular weight excluding hydrogens is 374 g/mol. The Bertz CT molecular complexity index is 1170. The fraction of sp³-hybridized carbons (Fsp3) is 0.174. The first-order chi connectivity index (χ1) is 14.7.